The van der Waals surface area contributed by atoms with Crippen molar-refractivity contribution < 1.29 is 22.5 Å². The van der Waals surface area contributed by atoms with Gasteiger partial charge in [0.15, 0.2) is 5.76 Å². The van der Waals surface area contributed by atoms with E-state index in [1.165, 1.54) is 16.2 Å². The Morgan fingerprint density at radius 2 is 2.14 bits per heavy atom. The number of amides is 1. The Bertz CT molecular complexity index is 886. The van der Waals surface area contributed by atoms with E-state index < -0.39 is 18.6 Å². The second-order valence-corrected chi connectivity index (χ2v) is 8.75. The van der Waals surface area contributed by atoms with E-state index in [1.807, 2.05) is 12.3 Å². The highest BCUT2D eigenvalue weighted by molar-refractivity contribution is 7.12. The number of rotatable bonds is 6. The van der Waals surface area contributed by atoms with Crippen LogP contribution in [0.4, 0.5) is 13.2 Å². The lowest BCUT2D eigenvalue weighted by Crippen LogP contribution is -2.46. The number of carbonyl (C=O) groups excluding carboxylic acids is 1. The van der Waals surface area contributed by atoms with Gasteiger partial charge in [0, 0.05) is 29.6 Å². The molecule has 4 rings (SSSR count). The number of primary amides is 1. The number of thiophene rings is 1. The summed E-state index contributed by atoms with van der Waals surface area (Å²) in [5.41, 5.74) is 8.01. The van der Waals surface area contributed by atoms with Gasteiger partial charge >= 0.3 is 6.18 Å². The Hall–Kier alpha value is -1.91. The number of hydrogen-bond donors (Lipinski definition) is 2. The number of aromatic nitrogens is 1. The largest absolute Gasteiger partial charge is 0.401 e. The third-order valence-electron chi connectivity index (χ3n) is 5.55. The summed E-state index contributed by atoms with van der Waals surface area (Å²) in [5.74, 6) is 0.277. The summed E-state index contributed by atoms with van der Waals surface area (Å²) in [4.78, 5) is 13.8. The number of piperidine rings is 1. The van der Waals surface area contributed by atoms with Gasteiger partial charge in [-0.2, -0.15) is 13.2 Å². The van der Waals surface area contributed by atoms with Crippen molar-refractivity contribution in [1.29, 1.82) is 0 Å². The number of nitrogens with zero attached hydrogens (tertiary/aromatic N) is 2. The second kappa shape index (κ2) is 7.73. The lowest BCUT2D eigenvalue weighted by molar-refractivity contribution is -0.148. The summed E-state index contributed by atoms with van der Waals surface area (Å²) in [6.45, 7) is 1.87. The molecule has 0 bridgehead atoms. The minimum absolute atomic E-state index is 0.208. The fourth-order valence-electron chi connectivity index (χ4n) is 4.10. The van der Waals surface area contributed by atoms with Crippen LogP contribution >= 0.6 is 11.3 Å². The highest BCUT2D eigenvalue weighted by Gasteiger charge is 2.43. The van der Waals surface area contributed by atoms with Crippen molar-refractivity contribution in [3.8, 4) is 11.3 Å². The number of nitrogens with two attached hydrogens (primary N) is 1. The van der Waals surface area contributed by atoms with Crippen LogP contribution in [0.15, 0.2) is 16.0 Å². The molecule has 1 aliphatic heterocycles. The summed E-state index contributed by atoms with van der Waals surface area (Å²) in [7, 11) is 0. The van der Waals surface area contributed by atoms with Gasteiger partial charge in [-0.3, -0.25) is 9.69 Å². The Morgan fingerprint density at radius 3 is 2.72 bits per heavy atom. The first kappa shape index (κ1) is 20.4. The predicted molar refractivity (Wildman–Crippen MR) is 103 cm³/mol. The van der Waals surface area contributed by atoms with Crippen molar-refractivity contribution in [2.75, 3.05) is 19.6 Å². The highest BCUT2D eigenvalue weighted by Crippen LogP contribution is 2.48. The van der Waals surface area contributed by atoms with Crippen molar-refractivity contribution in [3.05, 3.63) is 27.6 Å². The molecular formula is C19H23F3N4O2S. The molecule has 2 atom stereocenters. The minimum atomic E-state index is -4.14. The molecule has 10 heteroatoms. The molecule has 2 aliphatic rings. The summed E-state index contributed by atoms with van der Waals surface area (Å²) in [6, 6.07) is 2.24. The lowest BCUT2D eigenvalue weighted by atomic mass is 10.0. The molecule has 3 heterocycles. The van der Waals surface area contributed by atoms with Crippen LogP contribution in [0, 0.1) is 6.92 Å². The van der Waals surface area contributed by atoms with Crippen LogP contribution in [-0.2, 0) is 0 Å². The Kier molecular flexibility index (Phi) is 5.43. The van der Waals surface area contributed by atoms with E-state index in [4.69, 9.17) is 10.3 Å². The molecular weight excluding hydrogens is 405 g/mol. The van der Waals surface area contributed by atoms with Crippen LogP contribution < -0.4 is 11.1 Å². The predicted octanol–water partition coefficient (Wildman–Crippen LogP) is 3.28. The number of nitrogens with one attached hydrogen (secondary N) is 1. The smallest absolute Gasteiger partial charge is 0.365 e. The van der Waals surface area contributed by atoms with E-state index in [0.717, 1.165) is 23.2 Å². The normalized spacial score (nSPS) is 23.4. The van der Waals surface area contributed by atoms with Gasteiger partial charge in [-0.25, -0.2) is 0 Å². The standard InChI is InChI=1S/C19H23F3N4O2S/c1-10-6-15(28-25-10)16-13(8-29-17(16)18(23)27)12-7-14(12)24-11-2-4-26(5-3-11)9-19(20,21)22/h6,8,11-12,14,24H,2-5,7,9H2,1H3,(H2,23,27). The van der Waals surface area contributed by atoms with E-state index in [-0.39, 0.29) is 18.0 Å². The number of likely N-dealkylation sites (tertiary alicyclic amines) is 1. The maximum Gasteiger partial charge on any atom is 0.401 e. The Labute approximate surface area is 170 Å². The fourth-order valence-corrected chi connectivity index (χ4v) is 5.09. The number of halogens is 3. The molecule has 2 aromatic rings. The molecule has 158 valence electrons. The van der Waals surface area contributed by atoms with Gasteiger partial charge in [0.1, 0.15) is 4.88 Å². The molecule has 0 radical (unpaired) electrons. The van der Waals surface area contributed by atoms with Crippen molar-refractivity contribution in [2.24, 2.45) is 5.73 Å². The van der Waals surface area contributed by atoms with Crippen LogP contribution in [0.5, 0.6) is 0 Å². The van der Waals surface area contributed by atoms with Crippen LogP contribution in [0.25, 0.3) is 11.3 Å². The summed E-state index contributed by atoms with van der Waals surface area (Å²) in [5, 5.41) is 9.45. The van der Waals surface area contributed by atoms with Gasteiger partial charge in [-0.15, -0.1) is 11.3 Å². The van der Waals surface area contributed by atoms with E-state index in [9.17, 15) is 18.0 Å². The SMILES string of the molecule is Cc1cc(-c2c(C3CC3NC3CCN(CC(F)(F)F)CC3)csc2C(N)=O)on1. The van der Waals surface area contributed by atoms with Crippen molar-refractivity contribution in [1.82, 2.24) is 15.4 Å². The maximum atomic E-state index is 12.5. The molecule has 6 nitrogen and oxygen atoms in total. The van der Waals surface area contributed by atoms with Gasteiger partial charge < -0.3 is 15.6 Å². The quantitative estimate of drug-likeness (QED) is 0.738. The molecule has 2 unspecified atom stereocenters. The first-order valence-corrected chi connectivity index (χ1v) is 10.5. The highest BCUT2D eigenvalue weighted by atomic mass is 32.1. The zero-order chi connectivity index (χ0) is 20.8. The Morgan fingerprint density at radius 1 is 1.41 bits per heavy atom. The van der Waals surface area contributed by atoms with E-state index in [0.29, 0.717) is 36.6 Å². The number of carbonyl (C=O) groups is 1. The van der Waals surface area contributed by atoms with Crippen LogP contribution in [0.1, 0.15) is 46.1 Å². The molecule has 1 aliphatic carbocycles. The molecule has 1 amide bonds. The van der Waals surface area contributed by atoms with Crippen molar-refractivity contribution >= 4 is 17.2 Å². The third kappa shape index (κ3) is 4.65. The molecule has 2 aromatic heterocycles. The zero-order valence-electron chi connectivity index (χ0n) is 16.0. The van der Waals surface area contributed by atoms with Gasteiger partial charge in [0.05, 0.1) is 12.2 Å². The van der Waals surface area contributed by atoms with E-state index >= 15 is 0 Å². The molecule has 0 aromatic carbocycles. The van der Waals surface area contributed by atoms with Crippen LogP contribution in [-0.4, -0.2) is 53.9 Å². The first-order valence-electron chi connectivity index (χ1n) is 9.61. The molecule has 2 fully saturated rings. The number of aryl methyl sites for hydroxylation is 1. The fraction of sp³-hybridized carbons (Fsp3) is 0.579. The molecule has 29 heavy (non-hydrogen) atoms. The monoisotopic (exact) mass is 428 g/mol. The summed E-state index contributed by atoms with van der Waals surface area (Å²) in [6.07, 6.45) is -1.83. The Balaban J connectivity index is 1.40. The van der Waals surface area contributed by atoms with Gasteiger partial charge in [-0.1, -0.05) is 5.16 Å². The van der Waals surface area contributed by atoms with E-state index in [1.54, 1.807) is 6.07 Å². The maximum absolute atomic E-state index is 12.5. The first-order chi connectivity index (χ1) is 13.7. The summed E-state index contributed by atoms with van der Waals surface area (Å²) >= 11 is 1.31. The average Bonchev–Trinajstić information content (AvgIpc) is 3.04. The summed E-state index contributed by atoms with van der Waals surface area (Å²) < 4.78 is 43.0. The third-order valence-corrected chi connectivity index (χ3v) is 6.56. The number of hydrogen-bond acceptors (Lipinski definition) is 6. The molecule has 1 saturated carbocycles. The van der Waals surface area contributed by atoms with Gasteiger partial charge in [-0.05, 0) is 50.2 Å². The molecule has 3 N–H and O–H groups in total. The molecule has 1 saturated heterocycles. The van der Waals surface area contributed by atoms with Crippen molar-refractivity contribution in [2.45, 2.75) is 50.4 Å². The topological polar surface area (TPSA) is 84.4 Å². The van der Waals surface area contributed by atoms with Gasteiger partial charge in [0.2, 0.25) is 0 Å². The zero-order valence-corrected chi connectivity index (χ0v) is 16.8. The van der Waals surface area contributed by atoms with Gasteiger partial charge in [0.25, 0.3) is 5.91 Å². The average molecular weight is 428 g/mol. The van der Waals surface area contributed by atoms with Crippen LogP contribution in [0.2, 0.25) is 0 Å². The van der Waals surface area contributed by atoms with E-state index in [2.05, 4.69) is 10.5 Å². The van der Waals surface area contributed by atoms with Crippen molar-refractivity contribution in [3.63, 3.8) is 0 Å². The van der Waals surface area contributed by atoms with Crippen LogP contribution in [0.3, 0.4) is 0 Å². The second-order valence-electron chi connectivity index (χ2n) is 7.87. The molecule has 0 spiro atoms. The lowest BCUT2D eigenvalue weighted by Gasteiger charge is -2.33. The number of alkyl halides is 3. The minimum Gasteiger partial charge on any atom is -0.365 e.